The molecule has 0 bridgehead atoms. The highest BCUT2D eigenvalue weighted by atomic mass is 19.4. The summed E-state index contributed by atoms with van der Waals surface area (Å²) in [5.41, 5.74) is 0.344. The average Bonchev–Trinajstić information content (AvgIpc) is 3.20. The zero-order chi connectivity index (χ0) is 26.1. The number of anilines is 1. The number of nitrogens with one attached hydrogen (secondary N) is 1. The summed E-state index contributed by atoms with van der Waals surface area (Å²) in [6.45, 7) is 11.1. The van der Waals surface area contributed by atoms with Crippen LogP contribution in [-0.4, -0.2) is 31.7 Å². The van der Waals surface area contributed by atoms with E-state index in [2.05, 4.69) is 31.2 Å². The number of halogens is 4. The maximum absolute atomic E-state index is 12.6. The number of benzene rings is 1. The van der Waals surface area contributed by atoms with Gasteiger partial charge in [0.15, 0.2) is 0 Å². The fraction of sp³-hybridized carbons (Fsp3) is 0.600. The first kappa shape index (κ1) is 31.6. The minimum absolute atomic E-state index is 0.473. The number of rotatable bonds is 10. The Bertz CT molecular complexity index is 808. The normalized spacial score (nSPS) is 11.7. The van der Waals surface area contributed by atoms with Gasteiger partial charge < -0.3 is 19.4 Å². The maximum atomic E-state index is 12.6. The molecule has 0 aliphatic rings. The maximum Gasteiger partial charge on any atom is 0.419 e. The molecule has 1 atom stereocenters. The smallest absolute Gasteiger partial charge is 0.383 e. The number of hydrogen-bond acceptors (Lipinski definition) is 5. The van der Waals surface area contributed by atoms with E-state index in [4.69, 9.17) is 14.1 Å². The summed E-state index contributed by atoms with van der Waals surface area (Å²) in [4.78, 5) is 8.81. The molecule has 0 radical (unpaired) electrons. The Balaban J connectivity index is 0.000000619. The van der Waals surface area contributed by atoms with Crippen LogP contribution in [0.1, 0.15) is 76.1 Å². The van der Waals surface area contributed by atoms with E-state index in [1.807, 2.05) is 6.07 Å². The largest absolute Gasteiger partial charge is 0.419 e. The summed E-state index contributed by atoms with van der Waals surface area (Å²) in [5.74, 6) is 0.792. The Morgan fingerprint density at radius 1 is 1.18 bits per heavy atom. The number of aryl methyl sites for hydroxylation is 1. The van der Waals surface area contributed by atoms with Gasteiger partial charge in [-0.1, -0.05) is 44.8 Å². The Hall–Kier alpha value is -2.42. The molecule has 0 saturated carbocycles. The van der Waals surface area contributed by atoms with Gasteiger partial charge in [0.25, 0.3) is 0 Å². The van der Waals surface area contributed by atoms with E-state index in [1.54, 1.807) is 7.11 Å². The van der Waals surface area contributed by atoms with Crippen LogP contribution in [-0.2, 0) is 15.7 Å². The van der Waals surface area contributed by atoms with Crippen LogP contribution in [0.15, 0.2) is 28.8 Å². The van der Waals surface area contributed by atoms with Gasteiger partial charge in [0.05, 0.1) is 17.9 Å². The molecule has 0 aliphatic heterocycles. The summed E-state index contributed by atoms with van der Waals surface area (Å²) in [7, 11) is 1.69. The van der Waals surface area contributed by atoms with Crippen LogP contribution in [0.25, 0.3) is 0 Å². The molecule has 5 nitrogen and oxygen atoms in total. The molecule has 1 unspecified atom stereocenters. The molecule has 0 saturated heterocycles. The van der Waals surface area contributed by atoms with Crippen LogP contribution >= 0.6 is 0 Å². The van der Waals surface area contributed by atoms with E-state index >= 15 is 0 Å². The van der Waals surface area contributed by atoms with Crippen molar-refractivity contribution >= 4 is 12.2 Å². The van der Waals surface area contributed by atoms with E-state index in [9.17, 15) is 17.6 Å². The van der Waals surface area contributed by atoms with Gasteiger partial charge in [0.2, 0.25) is 5.88 Å². The van der Waals surface area contributed by atoms with Gasteiger partial charge in [0.1, 0.15) is 12.1 Å². The van der Waals surface area contributed by atoms with Crippen molar-refractivity contribution in [2.45, 2.75) is 72.4 Å². The van der Waals surface area contributed by atoms with Crippen molar-refractivity contribution in [1.82, 2.24) is 5.16 Å². The summed E-state index contributed by atoms with van der Waals surface area (Å²) < 4.78 is 58.8. The van der Waals surface area contributed by atoms with Crippen molar-refractivity contribution in [3.05, 3.63) is 46.9 Å². The van der Waals surface area contributed by atoms with Crippen LogP contribution in [0.5, 0.6) is 0 Å². The number of alkyl halides is 3. The van der Waals surface area contributed by atoms with Crippen LogP contribution in [0.4, 0.5) is 23.4 Å². The number of ether oxygens (including phenoxy) is 1. The second kappa shape index (κ2) is 17.1. The van der Waals surface area contributed by atoms with Crippen LogP contribution in [0.3, 0.4) is 0 Å². The first-order valence-corrected chi connectivity index (χ1v) is 11.4. The van der Waals surface area contributed by atoms with Crippen molar-refractivity contribution < 1.29 is 31.6 Å². The molecule has 1 N–H and O–H groups in total. The highest BCUT2D eigenvalue weighted by Crippen LogP contribution is 2.31. The second-order valence-corrected chi connectivity index (χ2v) is 8.21. The summed E-state index contributed by atoms with van der Waals surface area (Å²) in [6, 6.07) is 4.87. The molecule has 194 valence electrons. The number of methoxy groups -OCH3 is 1. The number of aldehydes is 1. The van der Waals surface area contributed by atoms with Crippen molar-refractivity contribution in [3.63, 3.8) is 0 Å². The lowest BCUT2D eigenvalue weighted by Crippen LogP contribution is -2.07. The molecule has 34 heavy (non-hydrogen) atoms. The van der Waals surface area contributed by atoms with E-state index in [0.717, 1.165) is 42.5 Å². The van der Waals surface area contributed by atoms with Crippen molar-refractivity contribution in [2.75, 3.05) is 25.6 Å². The summed E-state index contributed by atoms with van der Waals surface area (Å²) >= 11 is 0. The van der Waals surface area contributed by atoms with Gasteiger partial charge in [-0.2, -0.15) is 13.2 Å². The fourth-order valence-electron chi connectivity index (χ4n) is 3.01. The topological polar surface area (TPSA) is 64.4 Å². The highest BCUT2D eigenvalue weighted by molar-refractivity contribution is 5.44. The molecule has 0 amide bonds. The molecule has 2 aromatic rings. The molecule has 2 rings (SSSR count). The SMILES string of the molecule is CC=O.CCCC(CCC(C)C)c1cc(NCCOC)on1.Cc1ccc(C(F)(F)F)c(F)c1. The minimum Gasteiger partial charge on any atom is -0.383 e. The highest BCUT2D eigenvalue weighted by Gasteiger charge is 2.33. The number of hydrogen-bond donors (Lipinski definition) is 1. The zero-order valence-corrected chi connectivity index (χ0v) is 21.0. The zero-order valence-electron chi connectivity index (χ0n) is 21.0. The Morgan fingerprint density at radius 2 is 1.82 bits per heavy atom. The fourth-order valence-corrected chi connectivity index (χ4v) is 3.01. The number of carbonyl (C=O) groups excluding carboxylic acids is 1. The van der Waals surface area contributed by atoms with Crippen molar-refractivity contribution in [2.24, 2.45) is 5.92 Å². The van der Waals surface area contributed by atoms with E-state index < -0.39 is 17.6 Å². The summed E-state index contributed by atoms with van der Waals surface area (Å²) in [6.07, 6.45) is 0.941. The first-order chi connectivity index (χ1) is 16.0. The van der Waals surface area contributed by atoms with Gasteiger partial charge in [0, 0.05) is 25.6 Å². The monoisotopic (exact) mass is 490 g/mol. The molecule has 0 aliphatic carbocycles. The summed E-state index contributed by atoms with van der Waals surface area (Å²) in [5, 5.41) is 7.39. The van der Waals surface area contributed by atoms with Crippen LogP contribution in [0, 0.1) is 18.7 Å². The molecular weight excluding hydrogens is 452 g/mol. The molecule has 1 aromatic heterocycles. The predicted octanol–water partition coefficient (Wildman–Crippen LogP) is 7.41. The average molecular weight is 491 g/mol. The van der Waals surface area contributed by atoms with Crippen LogP contribution < -0.4 is 5.32 Å². The molecule has 1 aromatic carbocycles. The van der Waals surface area contributed by atoms with Crippen LogP contribution in [0.2, 0.25) is 0 Å². The minimum atomic E-state index is -4.60. The Labute approximate surface area is 200 Å². The van der Waals surface area contributed by atoms with Crippen molar-refractivity contribution in [3.8, 4) is 0 Å². The lowest BCUT2D eigenvalue weighted by molar-refractivity contribution is -0.140. The number of carbonyl (C=O) groups is 1. The van der Waals surface area contributed by atoms with E-state index in [-0.39, 0.29) is 0 Å². The quantitative estimate of drug-likeness (QED) is 0.213. The molecule has 1 heterocycles. The van der Waals surface area contributed by atoms with Gasteiger partial charge in [-0.25, -0.2) is 4.39 Å². The van der Waals surface area contributed by atoms with E-state index in [1.165, 1.54) is 45.6 Å². The van der Waals surface area contributed by atoms with Gasteiger partial charge >= 0.3 is 6.18 Å². The number of nitrogens with zero attached hydrogens (tertiary/aromatic N) is 1. The third-order valence-corrected chi connectivity index (χ3v) is 4.71. The molecule has 0 fully saturated rings. The number of aromatic nitrogens is 1. The Morgan fingerprint density at radius 3 is 2.32 bits per heavy atom. The second-order valence-electron chi connectivity index (χ2n) is 8.21. The standard InChI is InChI=1S/C15H28N2O2.C8H6F4.C2H4O/c1-5-6-13(8-7-12(2)3)14-11-15(19-17-14)16-9-10-18-4;1-5-2-3-6(7(9)4-5)8(10,11)12;1-2-3/h11-13,16H,5-10H2,1-4H3;2-4H,1H3;2H,1H3. The van der Waals surface area contributed by atoms with Gasteiger partial charge in [-0.3, -0.25) is 0 Å². The predicted molar refractivity (Wildman–Crippen MR) is 126 cm³/mol. The van der Waals surface area contributed by atoms with E-state index in [0.29, 0.717) is 18.1 Å². The first-order valence-electron chi connectivity index (χ1n) is 11.4. The molecule has 0 spiro atoms. The molecular formula is C25H38F4N2O3. The molecule has 9 heteroatoms. The third-order valence-electron chi connectivity index (χ3n) is 4.71. The van der Waals surface area contributed by atoms with Gasteiger partial charge in [-0.15, -0.1) is 0 Å². The Kier molecular flexibility index (Phi) is 15.9. The lowest BCUT2D eigenvalue weighted by atomic mass is 9.91. The van der Waals surface area contributed by atoms with Crippen molar-refractivity contribution in [1.29, 1.82) is 0 Å². The van der Waals surface area contributed by atoms with Gasteiger partial charge in [-0.05, 0) is 50.3 Å². The third kappa shape index (κ3) is 13.3. The lowest BCUT2D eigenvalue weighted by Gasteiger charge is -2.14.